The van der Waals surface area contributed by atoms with Gasteiger partial charge in [-0.2, -0.15) is 4.98 Å². The number of carbonyl (C=O) groups is 1. The second-order valence-corrected chi connectivity index (χ2v) is 6.66. The fourth-order valence-electron chi connectivity index (χ4n) is 3.18. The van der Waals surface area contributed by atoms with Crippen molar-refractivity contribution in [2.45, 2.75) is 25.5 Å². The molecule has 28 heavy (non-hydrogen) atoms. The largest absolute Gasteiger partial charge is 0.496 e. The minimum atomic E-state index is -0.691. The highest BCUT2D eigenvalue weighted by Crippen LogP contribution is 2.28. The first kappa shape index (κ1) is 19.7. The minimum Gasteiger partial charge on any atom is -0.496 e. The van der Waals surface area contributed by atoms with E-state index in [0.717, 1.165) is 5.56 Å². The molecule has 0 saturated carbocycles. The summed E-state index contributed by atoms with van der Waals surface area (Å²) in [6, 6.07) is 4.60. The van der Waals surface area contributed by atoms with Gasteiger partial charge in [0.25, 0.3) is 5.91 Å². The van der Waals surface area contributed by atoms with Crippen LogP contribution >= 0.6 is 0 Å². The van der Waals surface area contributed by atoms with E-state index in [1.807, 2.05) is 11.8 Å². The Kier molecular flexibility index (Phi) is 5.84. The van der Waals surface area contributed by atoms with Gasteiger partial charge >= 0.3 is 0 Å². The van der Waals surface area contributed by atoms with Crippen LogP contribution < -0.4 is 25.4 Å². The zero-order chi connectivity index (χ0) is 20.3. The number of aromatic nitrogens is 2. The highest BCUT2D eigenvalue weighted by atomic mass is 16.5. The van der Waals surface area contributed by atoms with Gasteiger partial charge in [-0.3, -0.25) is 4.79 Å². The third-order valence-electron chi connectivity index (χ3n) is 4.83. The van der Waals surface area contributed by atoms with Gasteiger partial charge in [0, 0.05) is 24.8 Å². The molecule has 2 heterocycles. The number of ether oxygens (including phenoxy) is 2. The topological polar surface area (TPSA) is 123 Å². The zero-order valence-corrected chi connectivity index (χ0v) is 16.2. The molecule has 0 aliphatic carbocycles. The van der Waals surface area contributed by atoms with E-state index in [2.05, 4.69) is 15.3 Å². The Bertz CT molecular complexity index is 838. The highest BCUT2D eigenvalue weighted by Gasteiger charge is 2.32. The number of methoxy groups -OCH3 is 2. The smallest absolute Gasteiger partial charge is 0.259 e. The Morgan fingerprint density at radius 1 is 1.32 bits per heavy atom. The molecule has 0 unspecified atom stereocenters. The van der Waals surface area contributed by atoms with Gasteiger partial charge in [-0.05, 0) is 25.5 Å². The van der Waals surface area contributed by atoms with Crippen molar-refractivity contribution >= 4 is 17.7 Å². The van der Waals surface area contributed by atoms with Crippen molar-refractivity contribution in [2.75, 3.05) is 37.9 Å². The Hall–Kier alpha value is -3.07. The van der Waals surface area contributed by atoms with Crippen molar-refractivity contribution in [1.29, 1.82) is 0 Å². The number of hydrogen-bond donors (Lipinski definition) is 3. The standard InChI is InChI=1S/C19H25N5O4/c1-11-9-21-19(23-17(11)20)24-8-7-13(25)12(10-24)22-18(26)16-14(27-2)5-4-6-15(16)28-3/h4-6,9,12-13,25H,7-8,10H2,1-3H3,(H,22,26)(H2,20,21,23)/t12-,13-/m1/s1. The van der Waals surface area contributed by atoms with E-state index >= 15 is 0 Å². The Morgan fingerprint density at radius 3 is 2.61 bits per heavy atom. The number of aliphatic hydroxyl groups is 1. The lowest BCUT2D eigenvalue weighted by atomic mass is 10.0. The molecule has 1 amide bonds. The second kappa shape index (κ2) is 8.30. The number of nitrogens with one attached hydrogen (secondary N) is 1. The van der Waals surface area contributed by atoms with E-state index < -0.39 is 12.1 Å². The number of nitrogens with two attached hydrogens (primary N) is 1. The lowest BCUT2D eigenvalue weighted by Gasteiger charge is -2.36. The maximum Gasteiger partial charge on any atom is 0.259 e. The molecule has 9 nitrogen and oxygen atoms in total. The van der Waals surface area contributed by atoms with Crippen molar-refractivity contribution in [2.24, 2.45) is 0 Å². The molecule has 0 spiro atoms. The second-order valence-electron chi connectivity index (χ2n) is 6.66. The van der Waals surface area contributed by atoms with Gasteiger partial charge in [0.1, 0.15) is 22.9 Å². The van der Waals surface area contributed by atoms with Crippen molar-refractivity contribution < 1.29 is 19.4 Å². The highest BCUT2D eigenvalue weighted by molar-refractivity contribution is 6.00. The van der Waals surface area contributed by atoms with Gasteiger partial charge in [-0.15, -0.1) is 0 Å². The lowest BCUT2D eigenvalue weighted by Crippen LogP contribution is -2.55. The molecule has 4 N–H and O–H groups in total. The minimum absolute atomic E-state index is 0.285. The maximum atomic E-state index is 12.9. The lowest BCUT2D eigenvalue weighted by molar-refractivity contribution is 0.0779. The molecule has 1 saturated heterocycles. The number of benzene rings is 1. The van der Waals surface area contributed by atoms with E-state index in [4.69, 9.17) is 15.2 Å². The van der Waals surface area contributed by atoms with Crippen LogP contribution in [0.1, 0.15) is 22.3 Å². The van der Waals surface area contributed by atoms with Crippen LogP contribution in [0.4, 0.5) is 11.8 Å². The molecule has 2 aromatic rings. The first-order valence-corrected chi connectivity index (χ1v) is 8.98. The number of rotatable bonds is 5. The SMILES string of the molecule is COc1cccc(OC)c1C(=O)N[C@@H]1CN(c2ncc(C)c(N)n2)CC[C@H]1O. The molecule has 1 aromatic carbocycles. The average molecular weight is 387 g/mol. The fourth-order valence-corrected chi connectivity index (χ4v) is 3.18. The maximum absolute atomic E-state index is 12.9. The van der Waals surface area contributed by atoms with Crippen molar-refractivity contribution in [1.82, 2.24) is 15.3 Å². The van der Waals surface area contributed by atoms with Crippen LogP contribution in [0.25, 0.3) is 0 Å². The van der Waals surface area contributed by atoms with Crippen molar-refractivity contribution in [3.05, 3.63) is 35.5 Å². The zero-order valence-electron chi connectivity index (χ0n) is 16.2. The molecular weight excluding hydrogens is 362 g/mol. The van der Waals surface area contributed by atoms with E-state index in [1.165, 1.54) is 14.2 Å². The van der Waals surface area contributed by atoms with Gasteiger partial charge in [0.05, 0.1) is 26.4 Å². The van der Waals surface area contributed by atoms with Gasteiger partial charge in [-0.25, -0.2) is 4.98 Å². The molecule has 1 aromatic heterocycles. The first-order chi connectivity index (χ1) is 13.4. The number of anilines is 2. The predicted molar refractivity (Wildman–Crippen MR) is 105 cm³/mol. The monoisotopic (exact) mass is 387 g/mol. The number of aryl methyl sites for hydroxylation is 1. The summed E-state index contributed by atoms with van der Waals surface area (Å²) in [5, 5.41) is 13.3. The average Bonchev–Trinajstić information content (AvgIpc) is 2.70. The Labute approximate surface area is 163 Å². The van der Waals surface area contributed by atoms with Crippen LogP contribution in [-0.4, -0.2) is 60.4 Å². The summed E-state index contributed by atoms with van der Waals surface area (Å²) in [6.45, 7) is 2.75. The van der Waals surface area contributed by atoms with E-state index in [1.54, 1.807) is 24.4 Å². The van der Waals surface area contributed by atoms with Crippen LogP contribution in [0.5, 0.6) is 11.5 Å². The third kappa shape index (κ3) is 3.94. The number of nitrogen functional groups attached to an aromatic ring is 1. The van der Waals surface area contributed by atoms with Crippen LogP contribution in [0.2, 0.25) is 0 Å². The molecule has 0 radical (unpaired) electrons. The van der Waals surface area contributed by atoms with Gasteiger partial charge in [-0.1, -0.05) is 6.07 Å². The van der Waals surface area contributed by atoms with Crippen molar-refractivity contribution in [3.63, 3.8) is 0 Å². The molecule has 0 bridgehead atoms. The molecule has 1 aliphatic rings. The molecule has 2 atom stereocenters. The molecule has 150 valence electrons. The summed E-state index contributed by atoms with van der Waals surface area (Å²) < 4.78 is 10.6. The van der Waals surface area contributed by atoms with Crippen LogP contribution in [-0.2, 0) is 0 Å². The molecule has 9 heteroatoms. The Balaban J connectivity index is 1.79. The molecular formula is C19H25N5O4. The Morgan fingerprint density at radius 2 is 2.00 bits per heavy atom. The normalized spacial score (nSPS) is 19.2. The van der Waals surface area contributed by atoms with Gasteiger partial charge in [0.2, 0.25) is 5.95 Å². The quantitative estimate of drug-likeness (QED) is 0.687. The fraction of sp³-hybridized carbons (Fsp3) is 0.421. The molecule has 1 fully saturated rings. The van der Waals surface area contributed by atoms with Gasteiger partial charge < -0.3 is 30.5 Å². The van der Waals surface area contributed by atoms with E-state index in [9.17, 15) is 9.90 Å². The number of aliphatic hydroxyl groups excluding tert-OH is 1. The van der Waals surface area contributed by atoms with Crippen LogP contribution in [0.15, 0.2) is 24.4 Å². The van der Waals surface area contributed by atoms with E-state index in [-0.39, 0.29) is 11.5 Å². The summed E-state index contributed by atoms with van der Waals surface area (Å²) in [4.78, 5) is 23.4. The number of nitrogens with zero attached hydrogens (tertiary/aromatic N) is 3. The van der Waals surface area contributed by atoms with Gasteiger partial charge in [0.15, 0.2) is 0 Å². The summed E-state index contributed by atoms with van der Waals surface area (Å²) >= 11 is 0. The number of carbonyl (C=O) groups excluding carboxylic acids is 1. The van der Waals surface area contributed by atoms with Crippen molar-refractivity contribution in [3.8, 4) is 11.5 Å². The number of hydrogen-bond acceptors (Lipinski definition) is 8. The predicted octanol–water partition coefficient (Wildman–Crippen LogP) is 0.754. The number of piperidine rings is 1. The third-order valence-corrected chi connectivity index (χ3v) is 4.83. The summed E-state index contributed by atoms with van der Waals surface area (Å²) in [5.74, 6) is 1.30. The molecule has 1 aliphatic heterocycles. The summed E-state index contributed by atoms with van der Waals surface area (Å²) in [6.07, 6.45) is 1.44. The van der Waals surface area contributed by atoms with Crippen LogP contribution in [0, 0.1) is 6.92 Å². The molecule has 3 rings (SSSR count). The summed E-state index contributed by atoms with van der Waals surface area (Å²) in [7, 11) is 2.98. The summed E-state index contributed by atoms with van der Waals surface area (Å²) in [5.41, 5.74) is 6.97. The van der Waals surface area contributed by atoms with E-state index in [0.29, 0.717) is 42.8 Å². The number of amides is 1. The first-order valence-electron chi connectivity index (χ1n) is 8.98. The van der Waals surface area contributed by atoms with Crippen LogP contribution in [0.3, 0.4) is 0 Å².